The lowest BCUT2D eigenvalue weighted by molar-refractivity contribution is 0.992. The van der Waals surface area contributed by atoms with Crippen LogP contribution in [0.15, 0.2) is 103 Å². The van der Waals surface area contributed by atoms with Gasteiger partial charge in [-0.2, -0.15) is 0 Å². The SMILES string of the molecule is C1=CC2CC2C=C(c2nc(-c3ccccc3)nc(-c3ccc(-c4ccccc4)cc3)n2)C1. The first-order chi connectivity index (χ1) is 15.8. The van der Waals surface area contributed by atoms with Crippen LogP contribution in [0.4, 0.5) is 0 Å². The number of fused-ring (bicyclic) bond motifs is 1. The van der Waals surface area contributed by atoms with Gasteiger partial charge in [-0.15, -0.1) is 0 Å². The second-order valence-electron chi connectivity index (χ2n) is 8.50. The molecule has 32 heavy (non-hydrogen) atoms. The lowest BCUT2D eigenvalue weighted by atomic mass is 10.0. The minimum absolute atomic E-state index is 0.634. The molecule has 1 heterocycles. The third-order valence-electron chi connectivity index (χ3n) is 6.23. The zero-order chi connectivity index (χ0) is 21.3. The van der Waals surface area contributed by atoms with Crippen molar-refractivity contribution in [2.45, 2.75) is 12.8 Å². The standard InChI is InChI=1S/C29H23N3/c1-3-8-20(9-4-1)21-14-16-23(17-15-21)28-30-27(22-10-5-2-6-11-22)31-29(32-28)25-13-7-12-24-18-26(24)19-25/h1-12,14-17,19,24,26H,13,18H2. The van der Waals surface area contributed by atoms with Crippen molar-refractivity contribution in [2.75, 3.05) is 0 Å². The summed E-state index contributed by atoms with van der Waals surface area (Å²) in [4.78, 5) is 14.7. The van der Waals surface area contributed by atoms with Crippen molar-refractivity contribution in [1.29, 1.82) is 0 Å². The lowest BCUT2D eigenvalue weighted by Gasteiger charge is -2.10. The summed E-state index contributed by atoms with van der Waals surface area (Å²) in [7, 11) is 0. The summed E-state index contributed by atoms with van der Waals surface area (Å²) >= 11 is 0. The van der Waals surface area contributed by atoms with Crippen molar-refractivity contribution in [2.24, 2.45) is 11.8 Å². The molecule has 0 saturated heterocycles. The molecule has 1 fully saturated rings. The number of hydrogen-bond acceptors (Lipinski definition) is 3. The van der Waals surface area contributed by atoms with E-state index in [-0.39, 0.29) is 0 Å². The van der Waals surface area contributed by atoms with Crippen LogP contribution in [-0.2, 0) is 0 Å². The predicted molar refractivity (Wildman–Crippen MR) is 129 cm³/mol. The fourth-order valence-electron chi connectivity index (χ4n) is 4.32. The van der Waals surface area contributed by atoms with Crippen molar-refractivity contribution >= 4 is 5.57 Å². The molecule has 0 radical (unpaired) electrons. The first-order valence-electron chi connectivity index (χ1n) is 11.2. The third kappa shape index (κ3) is 3.78. The van der Waals surface area contributed by atoms with Crippen molar-refractivity contribution in [3.05, 3.63) is 109 Å². The quantitative estimate of drug-likeness (QED) is 0.343. The Morgan fingerprint density at radius 1 is 0.531 bits per heavy atom. The van der Waals surface area contributed by atoms with Gasteiger partial charge in [0, 0.05) is 11.1 Å². The molecule has 2 unspecified atom stereocenters. The molecule has 1 saturated carbocycles. The van der Waals surface area contributed by atoms with E-state index >= 15 is 0 Å². The first kappa shape index (κ1) is 18.9. The normalized spacial score (nSPS) is 19.1. The van der Waals surface area contributed by atoms with Crippen LogP contribution in [-0.4, -0.2) is 15.0 Å². The maximum absolute atomic E-state index is 4.93. The summed E-state index contributed by atoms with van der Waals surface area (Å²) in [6.07, 6.45) is 9.10. The van der Waals surface area contributed by atoms with Crippen LogP contribution in [0.25, 0.3) is 39.5 Å². The number of rotatable bonds is 4. The maximum atomic E-state index is 4.93. The van der Waals surface area contributed by atoms with Crippen LogP contribution in [0, 0.1) is 11.8 Å². The van der Waals surface area contributed by atoms with Gasteiger partial charge in [0.2, 0.25) is 0 Å². The van der Waals surface area contributed by atoms with Gasteiger partial charge < -0.3 is 0 Å². The van der Waals surface area contributed by atoms with Crippen LogP contribution in [0.1, 0.15) is 18.7 Å². The first-order valence-corrected chi connectivity index (χ1v) is 11.2. The molecule has 0 bridgehead atoms. The molecule has 2 aliphatic carbocycles. The summed E-state index contributed by atoms with van der Waals surface area (Å²) in [5.41, 5.74) is 5.60. The smallest absolute Gasteiger partial charge is 0.164 e. The summed E-state index contributed by atoms with van der Waals surface area (Å²) in [5, 5.41) is 0. The van der Waals surface area contributed by atoms with Crippen molar-refractivity contribution in [3.8, 4) is 33.9 Å². The van der Waals surface area contributed by atoms with E-state index in [4.69, 9.17) is 15.0 Å². The lowest BCUT2D eigenvalue weighted by Crippen LogP contribution is -2.03. The zero-order valence-corrected chi connectivity index (χ0v) is 17.7. The Morgan fingerprint density at radius 3 is 1.75 bits per heavy atom. The number of benzene rings is 3. The molecule has 1 aromatic heterocycles. The highest BCUT2D eigenvalue weighted by atomic mass is 15.0. The summed E-state index contributed by atoms with van der Waals surface area (Å²) in [6.45, 7) is 0. The van der Waals surface area contributed by atoms with Crippen LogP contribution in [0.5, 0.6) is 0 Å². The summed E-state index contributed by atoms with van der Waals surface area (Å²) < 4.78 is 0. The van der Waals surface area contributed by atoms with Gasteiger partial charge in [0.25, 0.3) is 0 Å². The van der Waals surface area contributed by atoms with Gasteiger partial charge in [0.05, 0.1) is 0 Å². The van der Waals surface area contributed by atoms with Gasteiger partial charge in [0.15, 0.2) is 17.5 Å². The van der Waals surface area contributed by atoms with E-state index in [1.807, 2.05) is 24.3 Å². The molecule has 3 nitrogen and oxygen atoms in total. The Balaban J connectivity index is 1.43. The molecule has 3 heteroatoms. The van der Waals surface area contributed by atoms with Crippen LogP contribution < -0.4 is 0 Å². The molecule has 3 aromatic carbocycles. The van der Waals surface area contributed by atoms with Crippen molar-refractivity contribution in [3.63, 3.8) is 0 Å². The zero-order valence-electron chi connectivity index (χ0n) is 17.7. The Hall–Kier alpha value is -3.85. The molecule has 6 rings (SSSR count). The minimum Gasteiger partial charge on any atom is -0.209 e. The highest BCUT2D eigenvalue weighted by Gasteiger charge is 2.34. The Labute approximate surface area is 188 Å². The third-order valence-corrected chi connectivity index (χ3v) is 6.23. The van der Waals surface area contributed by atoms with E-state index in [0.29, 0.717) is 11.8 Å². The van der Waals surface area contributed by atoms with Gasteiger partial charge in [-0.05, 0) is 41.4 Å². The predicted octanol–water partition coefficient (Wildman–Crippen LogP) is 6.85. The molecule has 4 aromatic rings. The highest BCUT2D eigenvalue weighted by Crippen LogP contribution is 2.44. The van der Waals surface area contributed by atoms with E-state index < -0.39 is 0 Å². The number of allylic oxidation sites excluding steroid dienone is 4. The topological polar surface area (TPSA) is 38.7 Å². The van der Waals surface area contributed by atoms with E-state index in [2.05, 4.69) is 78.9 Å². The second kappa shape index (κ2) is 8.01. The summed E-state index contributed by atoms with van der Waals surface area (Å²) in [6, 6.07) is 29.1. The fraction of sp³-hybridized carbons (Fsp3) is 0.138. The van der Waals surface area contributed by atoms with Gasteiger partial charge in [-0.3, -0.25) is 0 Å². The summed E-state index contributed by atoms with van der Waals surface area (Å²) in [5.74, 6) is 3.56. The maximum Gasteiger partial charge on any atom is 0.164 e. The fourth-order valence-corrected chi connectivity index (χ4v) is 4.32. The molecule has 0 N–H and O–H groups in total. The Morgan fingerprint density at radius 2 is 1.06 bits per heavy atom. The van der Waals surface area contributed by atoms with Gasteiger partial charge in [-0.25, -0.2) is 15.0 Å². The van der Waals surface area contributed by atoms with Crippen LogP contribution in [0.3, 0.4) is 0 Å². The average Bonchev–Trinajstić information content (AvgIpc) is 3.64. The van der Waals surface area contributed by atoms with Crippen molar-refractivity contribution < 1.29 is 0 Å². The van der Waals surface area contributed by atoms with Gasteiger partial charge >= 0.3 is 0 Å². The van der Waals surface area contributed by atoms with Crippen LogP contribution in [0.2, 0.25) is 0 Å². The van der Waals surface area contributed by atoms with E-state index in [1.54, 1.807) is 0 Å². The molecule has 0 amide bonds. The number of hydrogen-bond donors (Lipinski definition) is 0. The number of aromatic nitrogens is 3. The number of nitrogens with zero attached hydrogens (tertiary/aromatic N) is 3. The second-order valence-corrected chi connectivity index (χ2v) is 8.50. The molecule has 2 atom stereocenters. The van der Waals surface area contributed by atoms with E-state index in [1.165, 1.54) is 23.1 Å². The molecule has 0 spiro atoms. The van der Waals surface area contributed by atoms with Crippen LogP contribution >= 0.6 is 0 Å². The van der Waals surface area contributed by atoms with E-state index in [0.717, 1.165) is 35.0 Å². The Bertz CT molecular complexity index is 1310. The average molecular weight is 414 g/mol. The van der Waals surface area contributed by atoms with E-state index in [9.17, 15) is 0 Å². The Kier molecular flexibility index (Phi) is 4.73. The molecule has 0 aliphatic heterocycles. The molecular weight excluding hydrogens is 390 g/mol. The highest BCUT2D eigenvalue weighted by molar-refractivity contribution is 5.71. The van der Waals surface area contributed by atoms with Gasteiger partial charge in [0.1, 0.15) is 0 Å². The molecular formula is C29H23N3. The largest absolute Gasteiger partial charge is 0.209 e. The molecule has 2 aliphatic rings. The van der Waals surface area contributed by atoms with Crippen molar-refractivity contribution in [1.82, 2.24) is 15.0 Å². The van der Waals surface area contributed by atoms with Gasteiger partial charge in [-0.1, -0.05) is 103 Å². The monoisotopic (exact) mass is 413 g/mol. The molecule has 154 valence electrons. The minimum atomic E-state index is 0.634.